The van der Waals surface area contributed by atoms with Crippen LogP contribution in [-0.4, -0.2) is 5.91 Å². The van der Waals surface area contributed by atoms with E-state index in [1.165, 1.54) is 19.1 Å². The molecule has 3 heteroatoms. The molecule has 0 radical (unpaired) electrons. The summed E-state index contributed by atoms with van der Waals surface area (Å²) >= 11 is 0. The molecule has 1 N–H and O–H groups in total. The maximum absolute atomic E-state index is 10.9. The van der Waals surface area contributed by atoms with Crippen LogP contribution in [0.2, 0.25) is 0 Å². The molecule has 0 aliphatic carbocycles. The second-order valence-corrected chi connectivity index (χ2v) is 3.20. The molecular weight excluding hydrogens is 178 g/mol. The number of hydroxylamine groups is 1. The zero-order chi connectivity index (χ0) is 10.8. The Morgan fingerprint density at radius 3 is 2.79 bits per heavy atom. The Morgan fingerprint density at radius 1 is 1.50 bits per heavy atom. The van der Waals surface area contributed by atoms with Gasteiger partial charge in [-0.2, -0.15) is 5.48 Å². The fraction of sp³-hybridized carbons (Fsp3) is 0.545. The molecule has 0 fully saturated rings. The zero-order valence-corrected chi connectivity index (χ0v) is 9.01. The predicted molar refractivity (Wildman–Crippen MR) is 57.3 cm³/mol. The van der Waals surface area contributed by atoms with E-state index in [-0.39, 0.29) is 5.91 Å². The van der Waals surface area contributed by atoms with Crippen molar-refractivity contribution in [1.82, 2.24) is 5.48 Å². The van der Waals surface area contributed by atoms with E-state index in [2.05, 4.69) is 19.0 Å². The maximum Gasteiger partial charge on any atom is 0.278 e. The highest BCUT2D eigenvalue weighted by Gasteiger charge is 1.97. The van der Waals surface area contributed by atoms with Crippen LogP contribution in [0, 0.1) is 0 Å². The van der Waals surface area contributed by atoms with Gasteiger partial charge in [-0.1, -0.05) is 26.3 Å². The Morgan fingerprint density at radius 2 is 2.21 bits per heavy atom. The third kappa shape index (κ3) is 7.40. The van der Waals surface area contributed by atoms with E-state index in [0.29, 0.717) is 5.57 Å². The number of allylic oxidation sites excluding steroid dienone is 1. The van der Waals surface area contributed by atoms with Crippen molar-refractivity contribution in [3.8, 4) is 0 Å². The van der Waals surface area contributed by atoms with Crippen LogP contribution < -0.4 is 5.48 Å². The molecule has 0 unspecified atom stereocenters. The minimum atomic E-state index is -0.289. The Hall–Kier alpha value is -1.25. The van der Waals surface area contributed by atoms with Gasteiger partial charge in [-0.3, -0.25) is 4.79 Å². The van der Waals surface area contributed by atoms with Gasteiger partial charge in [-0.05, 0) is 25.8 Å². The number of hydrogen-bond acceptors (Lipinski definition) is 2. The molecule has 0 aromatic heterocycles. The number of hydrogen-bond donors (Lipinski definition) is 1. The van der Waals surface area contributed by atoms with Gasteiger partial charge < -0.3 is 4.84 Å². The smallest absolute Gasteiger partial charge is 0.278 e. The normalized spacial score (nSPS) is 10.1. The first-order chi connectivity index (χ1) is 6.68. The Labute approximate surface area is 85.8 Å². The average Bonchev–Trinajstić information content (AvgIpc) is 2.16. The van der Waals surface area contributed by atoms with E-state index in [1.807, 2.05) is 6.08 Å². The highest BCUT2D eigenvalue weighted by Crippen LogP contribution is 1.99. The van der Waals surface area contributed by atoms with Crippen LogP contribution in [0.25, 0.3) is 0 Å². The molecule has 1 amide bonds. The van der Waals surface area contributed by atoms with Crippen LogP contribution >= 0.6 is 0 Å². The van der Waals surface area contributed by atoms with Gasteiger partial charge in [0.1, 0.15) is 6.26 Å². The lowest BCUT2D eigenvalue weighted by Gasteiger charge is -2.01. The summed E-state index contributed by atoms with van der Waals surface area (Å²) in [6.45, 7) is 7.27. The molecule has 0 aromatic carbocycles. The summed E-state index contributed by atoms with van der Waals surface area (Å²) in [5, 5.41) is 0. The van der Waals surface area contributed by atoms with Gasteiger partial charge in [0, 0.05) is 5.57 Å². The molecule has 0 aliphatic heterocycles. The fourth-order valence-electron chi connectivity index (χ4n) is 0.803. The summed E-state index contributed by atoms with van der Waals surface area (Å²) in [5.41, 5.74) is 2.68. The van der Waals surface area contributed by atoms with Crippen LogP contribution in [0.5, 0.6) is 0 Å². The van der Waals surface area contributed by atoms with Crippen molar-refractivity contribution in [3.05, 3.63) is 24.5 Å². The van der Waals surface area contributed by atoms with Crippen molar-refractivity contribution in [2.45, 2.75) is 39.5 Å². The van der Waals surface area contributed by atoms with Crippen molar-refractivity contribution < 1.29 is 9.63 Å². The van der Waals surface area contributed by atoms with Gasteiger partial charge in [-0.15, -0.1) is 0 Å². The van der Waals surface area contributed by atoms with E-state index in [0.717, 1.165) is 12.8 Å². The third-order valence-electron chi connectivity index (χ3n) is 1.68. The molecule has 0 saturated carbocycles. The van der Waals surface area contributed by atoms with Crippen molar-refractivity contribution in [3.63, 3.8) is 0 Å². The lowest BCUT2D eigenvalue weighted by atomic mass is 10.2. The molecule has 0 saturated heterocycles. The summed E-state index contributed by atoms with van der Waals surface area (Å²) in [4.78, 5) is 15.7. The molecule has 14 heavy (non-hydrogen) atoms. The molecular formula is C11H19NO2. The summed E-state index contributed by atoms with van der Waals surface area (Å²) in [6.07, 6.45) is 7.97. The predicted octanol–water partition coefficient (Wildman–Crippen LogP) is 2.70. The number of amides is 1. The van der Waals surface area contributed by atoms with Gasteiger partial charge in [0.15, 0.2) is 0 Å². The fourth-order valence-corrected chi connectivity index (χ4v) is 0.803. The summed E-state index contributed by atoms with van der Waals surface area (Å²) in [5.74, 6) is -0.289. The van der Waals surface area contributed by atoms with Crippen LogP contribution in [0.15, 0.2) is 24.5 Å². The van der Waals surface area contributed by atoms with E-state index in [1.54, 1.807) is 6.92 Å². The molecule has 0 spiro atoms. The molecule has 0 heterocycles. The molecule has 0 atom stereocenters. The number of carbonyl (C=O) groups is 1. The first-order valence-electron chi connectivity index (χ1n) is 4.95. The summed E-state index contributed by atoms with van der Waals surface area (Å²) in [6, 6.07) is 0. The molecule has 80 valence electrons. The highest BCUT2D eigenvalue weighted by molar-refractivity contribution is 5.91. The van der Waals surface area contributed by atoms with Crippen molar-refractivity contribution in [1.29, 1.82) is 0 Å². The van der Waals surface area contributed by atoms with E-state index in [9.17, 15) is 4.79 Å². The number of nitrogens with one attached hydrogen (secondary N) is 1. The van der Waals surface area contributed by atoms with Gasteiger partial charge >= 0.3 is 0 Å². The zero-order valence-electron chi connectivity index (χ0n) is 9.01. The minimum Gasteiger partial charge on any atom is -0.387 e. The SMILES string of the molecule is C=C(C)C(=O)NO/C=C/CCCCC. The summed E-state index contributed by atoms with van der Waals surface area (Å²) < 4.78 is 0. The molecule has 0 aromatic rings. The molecule has 3 nitrogen and oxygen atoms in total. The van der Waals surface area contributed by atoms with Crippen molar-refractivity contribution >= 4 is 5.91 Å². The van der Waals surface area contributed by atoms with E-state index in [4.69, 9.17) is 4.84 Å². The highest BCUT2D eigenvalue weighted by atomic mass is 16.6. The van der Waals surface area contributed by atoms with Gasteiger partial charge in [0.25, 0.3) is 5.91 Å². The first kappa shape index (κ1) is 12.8. The molecule has 0 aliphatic rings. The van der Waals surface area contributed by atoms with Gasteiger partial charge in [0.05, 0.1) is 0 Å². The third-order valence-corrected chi connectivity index (χ3v) is 1.68. The minimum absolute atomic E-state index is 0.289. The van der Waals surface area contributed by atoms with Crippen molar-refractivity contribution in [2.75, 3.05) is 0 Å². The van der Waals surface area contributed by atoms with E-state index < -0.39 is 0 Å². The van der Waals surface area contributed by atoms with Crippen LogP contribution in [0.4, 0.5) is 0 Å². The lowest BCUT2D eigenvalue weighted by molar-refractivity contribution is -0.125. The van der Waals surface area contributed by atoms with Crippen molar-refractivity contribution in [2.24, 2.45) is 0 Å². The quantitative estimate of drug-likeness (QED) is 0.295. The number of rotatable bonds is 7. The number of unbranched alkanes of at least 4 members (excludes halogenated alkanes) is 3. The Balaban J connectivity index is 3.35. The van der Waals surface area contributed by atoms with Crippen LogP contribution in [0.1, 0.15) is 39.5 Å². The van der Waals surface area contributed by atoms with Gasteiger partial charge in [-0.25, -0.2) is 0 Å². The Bertz CT molecular complexity index is 209. The second kappa shape index (κ2) is 8.35. The lowest BCUT2D eigenvalue weighted by Crippen LogP contribution is -2.21. The maximum atomic E-state index is 10.9. The number of carbonyl (C=O) groups excluding carboxylic acids is 1. The molecule has 0 rings (SSSR count). The summed E-state index contributed by atoms with van der Waals surface area (Å²) in [7, 11) is 0. The monoisotopic (exact) mass is 197 g/mol. The Kier molecular flexibility index (Phi) is 7.61. The van der Waals surface area contributed by atoms with Crippen LogP contribution in [-0.2, 0) is 9.63 Å². The van der Waals surface area contributed by atoms with Crippen LogP contribution in [0.3, 0.4) is 0 Å². The second-order valence-electron chi connectivity index (χ2n) is 3.20. The largest absolute Gasteiger partial charge is 0.387 e. The van der Waals surface area contributed by atoms with E-state index >= 15 is 0 Å². The topological polar surface area (TPSA) is 38.3 Å². The first-order valence-corrected chi connectivity index (χ1v) is 4.95. The van der Waals surface area contributed by atoms with Gasteiger partial charge in [0.2, 0.25) is 0 Å². The molecule has 0 bridgehead atoms. The standard InChI is InChI=1S/C11H19NO2/c1-4-5-6-7-8-9-14-12-11(13)10(2)3/h8-9H,2,4-7H2,1,3H3,(H,12,13)/b9-8+. The average molecular weight is 197 g/mol.